The van der Waals surface area contributed by atoms with Crippen LogP contribution in [0.25, 0.3) is 0 Å². The van der Waals surface area contributed by atoms with Crippen molar-refractivity contribution in [2.75, 3.05) is 41.0 Å². The van der Waals surface area contributed by atoms with E-state index in [1.54, 1.807) is 21.3 Å². The Hall–Kier alpha value is -1.91. The van der Waals surface area contributed by atoms with Crippen LogP contribution in [0.4, 0.5) is 0 Å². The van der Waals surface area contributed by atoms with E-state index in [-0.39, 0.29) is 35.9 Å². The molecule has 1 fully saturated rings. The molecule has 29 heavy (non-hydrogen) atoms. The van der Waals surface area contributed by atoms with E-state index in [4.69, 9.17) is 19.2 Å². The van der Waals surface area contributed by atoms with E-state index in [0.29, 0.717) is 36.8 Å². The maximum absolute atomic E-state index is 11.9. The van der Waals surface area contributed by atoms with Crippen molar-refractivity contribution in [3.8, 4) is 17.2 Å². The van der Waals surface area contributed by atoms with Gasteiger partial charge in [0.05, 0.1) is 27.9 Å². The Kier molecular flexibility index (Phi) is 10.9. The predicted molar refractivity (Wildman–Crippen MR) is 125 cm³/mol. The summed E-state index contributed by atoms with van der Waals surface area (Å²) in [6.45, 7) is 6.58. The molecular formula is C20H33IN4O4. The zero-order chi connectivity index (χ0) is 20.5. The summed E-state index contributed by atoms with van der Waals surface area (Å²) in [6.07, 6.45) is 1.45. The van der Waals surface area contributed by atoms with E-state index in [0.717, 1.165) is 31.0 Å². The maximum Gasteiger partial charge on any atom is 0.222 e. The SMILES string of the molecule is CCNC(=NCc1ccc(OC)c(OC)c1OC)NC1CCN(C(=O)CC)C1.I. The molecule has 1 atom stereocenters. The van der Waals surface area contributed by atoms with Crippen LogP contribution >= 0.6 is 24.0 Å². The third-order valence-corrected chi connectivity index (χ3v) is 4.72. The Morgan fingerprint density at radius 3 is 2.48 bits per heavy atom. The van der Waals surface area contributed by atoms with E-state index in [1.165, 1.54) is 0 Å². The van der Waals surface area contributed by atoms with Crippen molar-refractivity contribution in [1.82, 2.24) is 15.5 Å². The van der Waals surface area contributed by atoms with Gasteiger partial charge < -0.3 is 29.7 Å². The second-order valence-corrected chi connectivity index (χ2v) is 6.51. The number of aliphatic imine (C=N–C) groups is 1. The van der Waals surface area contributed by atoms with Gasteiger partial charge in [-0.25, -0.2) is 4.99 Å². The highest BCUT2D eigenvalue weighted by molar-refractivity contribution is 14.0. The van der Waals surface area contributed by atoms with Crippen LogP contribution in [0.2, 0.25) is 0 Å². The van der Waals surface area contributed by atoms with Gasteiger partial charge in [0.1, 0.15) is 0 Å². The fraction of sp³-hybridized carbons (Fsp3) is 0.600. The van der Waals surface area contributed by atoms with Gasteiger partial charge in [-0.3, -0.25) is 4.79 Å². The lowest BCUT2D eigenvalue weighted by molar-refractivity contribution is -0.129. The smallest absolute Gasteiger partial charge is 0.222 e. The van der Waals surface area contributed by atoms with Gasteiger partial charge in [-0.05, 0) is 25.5 Å². The molecule has 1 aliphatic heterocycles. The largest absolute Gasteiger partial charge is 0.493 e. The number of hydrogen-bond acceptors (Lipinski definition) is 5. The number of hydrogen-bond donors (Lipinski definition) is 2. The zero-order valence-electron chi connectivity index (χ0n) is 17.9. The number of methoxy groups -OCH3 is 3. The highest BCUT2D eigenvalue weighted by Gasteiger charge is 2.25. The van der Waals surface area contributed by atoms with Gasteiger partial charge in [-0.15, -0.1) is 24.0 Å². The number of ether oxygens (including phenoxy) is 3. The molecule has 0 radical (unpaired) electrons. The van der Waals surface area contributed by atoms with Crippen LogP contribution in [0.1, 0.15) is 32.3 Å². The number of amides is 1. The van der Waals surface area contributed by atoms with Crippen molar-refractivity contribution in [2.45, 2.75) is 39.3 Å². The summed E-state index contributed by atoms with van der Waals surface area (Å²) in [5.41, 5.74) is 0.895. The first kappa shape index (κ1) is 25.1. The number of nitrogens with zero attached hydrogens (tertiary/aromatic N) is 2. The van der Waals surface area contributed by atoms with Gasteiger partial charge in [0.25, 0.3) is 0 Å². The average molecular weight is 520 g/mol. The number of rotatable bonds is 8. The van der Waals surface area contributed by atoms with Gasteiger partial charge in [-0.1, -0.05) is 6.92 Å². The molecule has 1 aromatic rings. The van der Waals surface area contributed by atoms with Crippen molar-refractivity contribution in [3.63, 3.8) is 0 Å². The minimum atomic E-state index is 0. The Morgan fingerprint density at radius 1 is 1.17 bits per heavy atom. The van der Waals surface area contributed by atoms with Crippen molar-refractivity contribution in [3.05, 3.63) is 17.7 Å². The van der Waals surface area contributed by atoms with Crippen LogP contribution in [0.15, 0.2) is 17.1 Å². The molecule has 0 spiro atoms. The van der Waals surface area contributed by atoms with Crippen molar-refractivity contribution in [1.29, 1.82) is 0 Å². The molecule has 1 heterocycles. The first-order chi connectivity index (χ1) is 13.6. The minimum Gasteiger partial charge on any atom is -0.493 e. The topological polar surface area (TPSA) is 84.4 Å². The minimum absolute atomic E-state index is 0. The Bertz CT molecular complexity index is 699. The normalized spacial score (nSPS) is 16.1. The standard InChI is InChI=1S/C20H32N4O4.HI/c1-6-17(25)24-11-10-15(13-24)23-20(21-7-2)22-12-14-8-9-16(26-3)19(28-5)18(14)27-4;/h8-9,15H,6-7,10-13H2,1-5H3,(H2,21,22,23);1H. The van der Waals surface area contributed by atoms with Gasteiger partial charge in [0.15, 0.2) is 17.5 Å². The number of likely N-dealkylation sites (tertiary alicyclic amines) is 1. The van der Waals surface area contributed by atoms with E-state index >= 15 is 0 Å². The Morgan fingerprint density at radius 2 is 1.90 bits per heavy atom. The second kappa shape index (κ2) is 12.6. The van der Waals surface area contributed by atoms with Crippen molar-refractivity contribution >= 4 is 35.8 Å². The highest BCUT2D eigenvalue weighted by Crippen LogP contribution is 2.39. The van der Waals surface area contributed by atoms with Crippen molar-refractivity contribution < 1.29 is 19.0 Å². The van der Waals surface area contributed by atoms with Crippen LogP contribution in [-0.4, -0.2) is 63.8 Å². The van der Waals surface area contributed by atoms with Gasteiger partial charge >= 0.3 is 0 Å². The van der Waals surface area contributed by atoms with Crippen LogP contribution < -0.4 is 24.8 Å². The molecule has 1 unspecified atom stereocenters. The summed E-state index contributed by atoms with van der Waals surface area (Å²) in [4.78, 5) is 18.5. The molecule has 0 aromatic heterocycles. The highest BCUT2D eigenvalue weighted by atomic mass is 127. The predicted octanol–water partition coefficient (Wildman–Crippen LogP) is 2.40. The molecule has 1 saturated heterocycles. The molecule has 2 rings (SSSR count). The average Bonchev–Trinajstić information content (AvgIpc) is 3.19. The number of guanidine groups is 1. The summed E-state index contributed by atoms with van der Waals surface area (Å²) in [7, 11) is 4.78. The number of carbonyl (C=O) groups excluding carboxylic acids is 1. The van der Waals surface area contributed by atoms with E-state index in [9.17, 15) is 4.79 Å². The Balaban J connectivity index is 0.00000420. The van der Waals surface area contributed by atoms with E-state index in [1.807, 2.05) is 30.9 Å². The van der Waals surface area contributed by atoms with Gasteiger partial charge in [0, 0.05) is 37.7 Å². The number of carbonyl (C=O) groups is 1. The van der Waals surface area contributed by atoms with Crippen LogP contribution in [0.5, 0.6) is 17.2 Å². The first-order valence-corrected chi connectivity index (χ1v) is 9.68. The molecule has 164 valence electrons. The van der Waals surface area contributed by atoms with E-state index in [2.05, 4.69) is 10.6 Å². The third-order valence-electron chi connectivity index (χ3n) is 4.72. The number of nitrogens with one attached hydrogen (secondary N) is 2. The quantitative estimate of drug-likeness (QED) is 0.311. The second-order valence-electron chi connectivity index (χ2n) is 6.51. The lowest BCUT2D eigenvalue weighted by atomic mass is 10.1. The molecule has 0 saturated carbocycles. The molecule has 1 aromatic carbocycles. The lowest BCUT2D eigenvalue weighted by Gasteiger charge is -2.19. The molecule has 8 nitrogen and oxygen atoms in total. The molecule has 1 aliphatic rings. The molecule has 1 amide bonds. The number of benzene rings is 1. The van der Waals surface area contributed by atoms with Crippen LogP contribution in [0.3, 0.4) is 0 Å². The number of halogens is 1. The Labute approximate surface area is 190 Å². The lowest BCUT2D eigenvalue weighted by Crippen LogP contribution is -2.45. The van der Waals surface area contributed by atoms with Crippen LogP contribution in [0, 0.1) is 0 Å². The molecule has 0 aliphatic carbocycles. The molecule has 2 N–H and O–H groups in total. The molecule has 9 heteroatoms. The summed E-state index contributed by atoms with van der Waals surface area (Å²) in [5.74, 6) is 2.70. The summed E-state index contributed by atoms with van der Waals surface area (Å²) in [5, 5.41) is 6.70. The summed E-state index contributed by atoms with van der Waals surface area (Å²) < 4.78 is 16.3. The van der Waals surface area contributed by atoms with Gasteiger partial charge in [-0.2, -0.15) is 0 Å². The first-order valence-electron chi connectivity index (χ1n) is 9.68. The monoisotopic (exact) mass is 520 g/mol. The van der Waals surface area contributed by atoms with Gasteiger partial charge in [0.2, 0.25) is 11.7 Å². The zero-order valence-corrected chi connectivity index (χ0v) is 20.2. The fourth-order valence-electron chi connectivity index (χ4n) is 3.29. The summed E-state index contributed by atoms with van der Waals surface area (Å²) in [6, 6.07) is 3.96. The van der Waals surface area contributed by atoms with E-state index < -0.39 is 0 Å². The molecular weight excluding hydrogens is 487 g/mol. The van der Waals surface area contributed by atoms with Crippen LogP contribution in [-0.2, 0) is 11.3 Å². The van der Waals surface area contributed by atoms with Crippen molar-refractivity contribution in [2.24, 2.45) is 4.99 Å². The fourth-order valence-corrected chi connectivity index (χ4v) is 3.29. The molecule has 0 bridgehead atoms. The third kappa shape index (κ3) is 6.55. The maximum atomic E-state index is 11.9. The summed E-state index contributed by atoms with van der Waals surface area (Å²) >= 11 is 0.